The Morgan fingerprint density at radius 2 is 0.647 bits per heavy atom. The Bertz CT molecular complexity index is 208. The van der Waals surface area contributed by atoms with Crippen LogP contribution in [0.25, 0.3) is 0 Å². The SMILES string of the molecule is O=P(O)(O)O.O=P([O-])(O)O.O=P([O-])(O)O.[K+].[Na+]. The molecule has 0 heterocycles. The summed E-state index contributed by atoms with van der Waals surface area (Å²) < 4.78 is 26.4. The summed E-state index contributed by atoms with van der Waals surface area (Å²) in [4.78, 5) is 67.4. The smallest absolute Gasteiger partial charge is 0.756 e. The average Bonchev–Trinajstić information content (AvgIpc) is 1.41. The van der Waals surface area contributed by atoms with Gasteiger partial charge in [-0.3, -0.25) is 9.13 Å². The first-order chi connectivity index (χ1) is 6.00. The van der Waals surface area contributed by atoms with Crippen molar-refractivity contribution in [1.29, 1.82) is 0 Å². The molecule has 0 aromatic carbocycles. The largest absolute Gasteiger partial charge is 1.00 e. The molecule has 0 aliphatic heterocycles. The zero-order valence-electron chi connectivity index (χ0n) is 8.51. The van der Waals surface area contributed by atoms with Gasteiger partial charge in [0, 0.05) is 0 Å². The number of hydrogen-bond donors (Lipinski definition) is 7. The van der Waals surface area contributed by atoms with E-state index in [0.29, 0.717) is 0 Å². The van der Waals surface area contributed by atoms with Gasteiger partial charge in [0.1, 0.15) is 0 Å². The molecule has 17 heteroatoms. The van der Waals surface area contributed by atoms with E-state index >= 15 is 0 Å². The number of rotatable bonds is 0. The second-order valence-electron chi connectivity index (χ2n) is 1.49. The molecule has 0 bridgehead atoms. The Labute approximate surface area is 160 Å². The van der Waals surface area contributed by atoms with Crippen LogP contribution in [0.5, 0.6) is 0 Å². The van der Waals surface area contributed by atoms with E-state index < -0.39 is 23.5 Å². The fourth-order valence-electron chi connectivity index (χ4n) is 0. The average molecular weight is 354 g/mol. The van der Waals surface area contributed by atoms with Gasteiger partial charge in [0.25, 0.3) is 15.6 Å². The molecule has 96 valence electrons. The van der Waals surface area contributed by atoms with Crippen LogP contribution in [0.15, 0.2) is 0 Å². The third kappa shape index (κ3) is 620. The molecular formula is H7KNaO12P3. The van der Waals surface area contributed by atoms with Gasteiger partial charge in [0.05, 0.1) is 0 Å². The normalized spacial score (nSPS) is 10.4. The van der Waals surface area contributed by atoms with E-state index in [2.05, 4.69) is 0 Å². The molecule has 0 saturated heterocycles. The molecular weight excluding hydrogens is 347 g/mol. The molecule has 17 heavy (non-hydrogen) atoms. The van der Waals surface area contributed by atoms with Gasteiger partial charge in [-0.05, 0) is 0 Å². The molecule has 12 nitrogen and oxygen atoms in total. The number of hydrogen-bond acceptors (Lipinski definition) is 5. The van der Waals surface area contributed by atoms with Gasteiger partial charge in [-0.25, -0.2) is 4.57 Å². The summed E-state index contributed by atoms with van der Waals surface area (Å²) in [6, 6.07) is 0. The molecule has 0 aliphatic rings. The first-order valence-electron chi connectivity index (χ1n) is 2.31. The van der Waals surface area contributed by atoms with Crippen molar-refractivity contribution in [3.63, 3.8) is 0 Å². The third-order valence-electron chi connectivity index (χ3n) is 0. The molecule has 0 aliphatic carbocycles. The van der Waals surface area contributed by atoms with Crippen molar-refractivity contribution in [2.75, 3.05) is 0 Å². The van der Waals surface area contributed by atoms with Crippen LogP contribution in [-0.4, -0.2) is 34.3 Å². The summed E-state index contributed by atoms with van der Waals surface area (Å²) in [5, 5.41) is 0. The molecule has 0 aromatic rings. The zero-order chi connectivity index (χ0) is 13.5. The Morgan fingerprint density at radius 3 is 0.647 bits per heavy atom. The van der Waals surface area contributed by atoms with Gasteiger partial charge >= 0.3 is 88.8 Å². The maximum Gasteiger partial charge on any atom is 1.00 e. The monoisotopic (exact) mass is 354 g/mol. The molecule has 0 unspecified atom stereocenters. The summed E-state index contributed by atoms with van der Waals surface area (Å²) in [5.74, 6) is 0. The second kappa shape index (κ2) is 13.9. The molecule has 0 saturated carbocycles. The van der Waals surface area contributed by atoms with Crippen molar-refractivity contribution in [2.45, 2.75) is 0 Å². The maximum absolute atomic E-state index is 8.88. The summed E-state index contributed by atoms with van der Waals surface area (Å²) in [7, 11) is -14.4. The predicted molar refractivity (Wildman–Crippen MR) is 38.4 cm³/mol. The number of phosphoric acid groups is 3. The zero-order valence-corrected chi connectivity index (χ0v) is 16.3. The maximum atomic E-state index is 8.88. The van der Waals surface area contributed by atoms with E-state index in [9.17, 15) is 0 Å². The van der Waals surface area contributed by atoms with E-state index in [4.69, 9.17) is 57.7 Å². The first-order valence-corrected chi connectivity index (χ1v) is 6.94. The fraction of sp³-hybridized carbons (Fsp3) is 0. The standard InChI is InChI=1S/K.Na.3H3O4P/c;;3*1-5(2,3)4/h;;3*(H3,1,2,3,4)/q2*+1;;;/p-2. The van der Waals surface area contributed by atoms with Crippen molar-refractivity contribution < 1.29 is 139 Å². The predicted octanol–water partition coefficient (Wildman–Crippen LogP) is -10.0. The molecule has 0 amide bonds. The summed E-state index contributed by atoms with van der Waals surface area (Å²) >= 11 is 0. The molecule has 0 rings (SSSR count). The Hall–Kier alpha value is 2.97. The summed E-state index contributed by atoms with van der Waals surface area (Å²) in [6.07, 6.45) is 0. The van der Waals surface area contributed by atoms with Crippen LogP contribution < -0.4 is 90.7 Å². The molecule has 0 radical (unpaired) electrons. The van der Waals surface area contributed by atoms with Gasteiger partial charge in [-0.15, -0.1) is 0 Å². The van der Waals surface area contributed by atoms with Crippen molar-refractivity contribution in [1.82, 2.24) is 0 Å². The van der Waals surface area contributed by atoms with E-state index in [1.807, 2.05) is 0 Å². The van der Waals surface area contributed by atoms with Gasteiger partial charge in [-0.2, -0.15) is 0 Å². The Kier molecular flexibility index (Phi) is 26.3. The van der Waals surface area contributed by atoms with Crippen LogP contribution in [0.1, 0.15) is 0 Å². The molecule has 7 N–H and O–H groups in total. The van der Waals surface area contributed by atoms with Crippen LogP contribution in [0.2, 0.25) is 0 Å². The van der Waals surface area contributed by atoms with Crippen LogP contribution in [0, 0.1) is 0 Å². The topological polar surface area (TPSA) is 239 Å². The molecule has 0 aromatic heterocycles. The van der Waals surface area contributed by atoms with E-state index in [1.54, 1.807) is 0 Å². The quantitative estimate of drug-likeness (QED) is 0.158. The van der Waals surface area contributed by atoms with E-state index in [1.165, 1.54) is 0 Å². The van der Waals surface area contributed by atoms with Gasteiger partial charge < -0.3 is 44.0 Å². The molecule has 0 atom stereocenters. The van der Waals surface area contributed by atoms with Gasteiger partial charge in [0.2, 0.25) is 0 Å². The van der Waals surface area contributed by atoms with Crippen molar-refractivity contribution in [2.24, 2.45) is 0 Å². The van der Waals surface area contributed by atoms with Crippen LogP contribution in [-0.2, 0) is 13.7 Å². The fourth-order valence-corrected chi connectivity index (χ4v) is 0. The van der Waals surface area contributed by atoms with Crippen LogP contribution >= 0.6 is 23.5 Å². The molecule has 0 spiro atoms. The minimum atomic E-state index is -4.89. The second-order valence-corrected chi connectivity index (χ2v) is 4.48. The van der Waals surface area contributed by atoms with Crippen LogP contribution in [0.4, 0.5) is 0 Å². The molecule has 0 fully saturated rings. The van der Waals surface area contributed by atoms with Crippen molar-refractivity contribution >= 4 is 23.5 Å². The first kappa shape index (κ1) is 32.1. The van der Waals surface area contributed by atoms with Gasteiger partial charge in [0.15, 0.2) is 0 Å². The van der Waals surface area contributed by atoms with E-state index in [-0.39, 0.29) is 80.9 Å². The summed E-state index contributed by atoms with van der Waals surface area (Å²) in [6.45, 7) is 0. The van der Waals surface area contributed by atoms with Gasteiger partial charge in [-0.1, -0.05) is 0 Å². The van der Waals surface area contributed by atoms with E-state index in [0.717, 1.165) is 0 Å². The van der Waals surface area contributed by atoms with Crippen LogP contribution in [0.3, 0.4) is 0 Å². The third-order valence-corrected chi connectivity index (χ3v) is 0. The minimum Gasteiger partial charge on any atom is -0.756 e. The Morgan fingerprint density at radius 1 is 0.647 bits per heavy atom. The van der Waals surface area contributed by atoms with Crippen molar-refractivity contribution in [3.05, 3.63) is 0 Å². The Balaban J connectivity index is -0.0000000400. The summed E-state index contributed by atoms with van der Waals surface area (Å²) in [5.41, 5.74) is 0. The minimum absolute atomic E-state index is 0. The van der Waals surface area contributed by atoms with Crippen molar-refractivity contribution in [3.8, 4) is 0 Å².